The number of rotatable bonds is 5. The first kappa shape index (κ1) is 18.8. The van der Waals surface area contributed by atoms with Crippen molar-refractivity contribution in [2.75, 3.05) is 31.7 Å². The Hall–Kier alpha value is -2.57. The monoisotopic (exact) mass is 382 g/mol. The first-order chi connectivity index (χ1) is 13.6. The molecular formula is C22H26N2O4. The van der Waals surface area contributed by atoms with E-state index in [1.807, 2.05) is 49.4 Å². The Balaban J connectivity index is 1.28. The van der Waals surface area contributed by atoms with Crippen molar-refractivity contribution in [2.45, 2.75) is 31.8 Å². The second-order valence-corrected chi connectivity index (χ2v) is 7.49. The van der Waals surface area contributed by atoms with Crippen molar-refractivity contribution in [1.82, 2.24) is 4.90 Å². The van der Waals surface area contributed by atoms with Crippen molar-refractivity contribution in [3.05, 3.63) is 53.6 Å². The van der Waals surface area contributed by atoms with Crippen molar-refractivity contribution in [2.24, 2.45) is 0 Å². The molecule has 0 bridgehead atoms. The molecule has 2 aliphatic rings. The van der Waals surface area contributed by atoms with Crippen LogP contribution in [0.5, 0.6) is 11.5 Å². The Labute approximate surface area is 165 Å². The normalized spacial score (nSPS) is 21.5. The number of likely N-dealkylation sites (tertiary alicyclic amines) is 1. The molecule has 6 nitrogen and oxygen atoms in total. The first-order valence-electron chi connectivity index (χ1n) is 9.75. The molecule has 28 heavy (non-hydrogen) atoms. The van der Waals surface area contributed by atoms with E-state index in [1.165, 1.54) is 0 Å². The molecule has 2 aromatic rings. The number of anilines is 1. The van der Waals surface area contributed by atoms with Crippen LogP contribution in [0.2, 0.25) is 0 Å². The van der Waals surface area contributed by atoms with E-state index in [-0.39, 0.29) is 18.6 Å². The highest BCUT2D eigenvalue weighted by Crippen LogP contribution is 2.37. The van der Waals surface area contributed by atoms with E-state index < -0.39 is 6.10 Å². The number of nitrogens with zero attached hydrogens (tertiary/aromatic N) is 1. The molecule has 0 radical (unpaired) electrons. The summed E-state index contributed by atoms with van der Waals surface area (Å²) in [4.78, 5) is 14.4. The Morgan fingerprint density at radius 2 is 2.04 bits per heavy atom. The van der Waals surface area contributed by atoms with E-state index in [0.29, 0.717) is 19.5 Å². The Morgan fingerprint density at radius 3 is 2.86 bits per heavy atom. The molecule has 1 saturated heterocycles. The van der Waals surface area contributed by atoms with E-state index in [9.17, 15) is 9.90 Å². The van der Waals surface area contributed by atoms with Crippen LogP contribution in [0.15, 0.2) is 42.5 Å². The third kappa shape index (κ3) is 4.13. The van der Waals surface area contributed by atoms with Crippen molar-refractivity contribution < 1.29 is 19.4 Å². The third-order valence-electron chi connectivity index (χ3n) is 5.57. The van der Waals surface area contributed by atoms with Crippen molar-refractivity contribution in [3.63, 3.8) is 0 Å². The van der Waals surface area contributed by atoms with E-state index >= 15 is 0 Å². The minimum absolute atomic E-state index is 0.00156. The number of para-hydroxylation sites is 1. The zero-order valence-corrected chi connectivity index (χ0v) is 16.1. The van der Waals surface area contributed by atoms with Gasteiger partial charge in [0.25, 0.3) is 0 Å². The molecule has 0 aliphatic carbocycles. The van der Waals surface area contributed by atoms with Gasteiger partial charge in [-0.25, -0.2) is 0 Å². The molecule has 2 heterocycles. The first-order valence-corrected chi connectivity index (χ1v) is 9.75. The average molecular weight is 382 g/mol. The molecule has 1 fully saturated rings. The lowest BCUT2D eigenvalue weighted by atomic mass is 9.87. The highest BCUT2D eigenvalue weighted by Gasteiger charge is 2.30. The Bertz CT molecular complexity index is 854. The molecule has 2 aliphatic heterocycles. The molecule has 2 N–H and O–H groups in total. The maximum atomic E-state index is 12.3. The van der Waals surface area contributed by atoms with Gasteiger partial charge in [0.1, 0.15) is 0 Å². The summed E-state index contributed by atoms with van der Waals surface area (Å²) >= 11 is 0. The van der Waals surface area contributed by atoms with Crippen LogP contribution in [0.1, 0.15) is 29.9 Å². The van der Waals surface area contributed by atoms with Gasteiger partial charge in [0, 0.05) is 31.1 Å². The number of β-amino-alcohol motifs (C(OH)–C–C–N with tert-alkyl or cyclic N) is 1. The number of nitrogens with one attached hydrogen (secondary N) is 1. The second-order valence-electron chi connectivity index (χ2n) is 7.49. The SMILES string of the molecule is Cc1ccccc1NC(=O)CCN1CC[C@@H](c2ccc3c(c2)OCO3)[C@H](O)C1. The number of piperidine rings is 1. The fourth-order valence-electron chi connectivity index (χ4n) is 3.92. The molecule has 148 valence electrons. The van der Waals surface area contributed by atoms with Gasteiger partial charge < -0.3 is 24.8 Å². The van der Waals surface area contributed by atoms with Gasteiger partial charge in [0.2, 0.25) is 12.7 Å². The Morgan fingerprint density at radius 1 is 1.21 bits per heavy atom. The average Bonchev–Trinajstić information content (AvgIpc) is 3.16. The predicted octanol–water partition coefficient (Wildman–Crippen LogP) is 2.90. The quantitative estimate of drug-likeness (QED) is 0.832. The number of aliphatic hydroxyl groups is 1. The summed E-state index contributed by atoms with van der Waals surface area (Å²) in [7, 11) is 0. The molecule has 2 atom stereocenters. The molecule has 2 aromatic carbocycles. The van der Waals surface area contributed by atoms with Crippen molar-refractivity contribution in [1.29, 1.82) is 0 Å². The number of aliphatic hydroxyl groups excluding tert-OH is 1. The number of fused-ring (bicyclic) bond motifs is 1. The predicted molar refractivity (Wildman–Crippen MR) is 107 cm³/mol. The summed E-state index contributed by atoms with van der Waals surface area (Å²) in [5.41, 5.74) is 2.98. The maximum Gasteiger partial charge on any atom is 0.231 e. The van der Waals surface area contributed by atoms with Gasteiger partial charge >= 0.3 is 0 Å². The third-order valence-corrected chi connectivity index (χ3v) is 5.57. The summed E-state index contributed by atoms with van der Waals surface area (Å²) in [5, 5.41) is 13.6. The smallest absolute Gasteiger partial charge is 0.231 e. The Kier molecular flexibility index (Phi) is 5.50. The van der Waals surface area contributed by atoms with Gasteiger partial charge in [-0.05, 0) is 49.2 Å². The van der Waals surface area contributed by atoms with Crippen LogP contribution in [-0.4, -0.2) is 48.4 Å². The minimum Gasteiger partial charge on any atom is -0.454 e. The minimum atomic E-state index is -0.464. The standard InChI is InChI=1S/C22H26N2O4/c1-15-4-2-3-5-18(15)23-22(26)9-11-24-10-8-17(19(25)13-24)16-6-7-20-21(12-16)28-14-27-20/h2-7,12,17,19,25H,8-11,13-14H2,1H3,(H,23,26)/t17-,19+/m0/s1. The van der Waals surface area contributed by atoms with Crippen LogP contribution < -0.4 is 14.8 Å². The number of carbonyl (C=O) groups excluding carboxylic acids is 1. The van der Waals surface area contributed by atoms with E-state index in [1.54, 1.807) is 0 Å². The zero-order valence-electron chi connectivity index (χ0n) is 16.1. The van der Waals surface area contributed by atoms with Crippen LogP contribution >= 0.6 is 0 Å². The number of benzene rings is 2. The van der Waals surface area contributed by atoms with E-state index in [4.69, 9.17) is 9.47 Å². The van der Waals surface area contributed by atoms with Gasteiger partial charge in [-0.15, -0.1) is 0 Å². The lowest BCUT2D eigenvalue weighted by molar-refractivity contribution is -0.116. The number of hydrogen-bond acceptors (Lipinski definition) is 5. The molecule has 0 saturated carbocycles. The molecule has 6 heteroatoms. The van der Waals surface area contributed by atoms with Crippen LogP contribution in [-0.2, 0) is 4.79 Å². The molecule has 0 unspecified atom stereocenters. The van der Waals surface area contributed by atoms with Crippen molar-refractivity contribution in [3.8, 4) is 11.5 Å². The summed E-state index contributed by atoms with van der Waals surface area (Å²) in [6.45, 7) is 4.30. The number of carbonyl (C=O) groups is 1. The highest BCUT2D eigenvalue weighted by atomic mass is 16.7. The molecular weight excluding hydrogens is 356 g/mol. The second kappa shape index (κ2) is 8.20. The number of hydrogen-bond donors (Lipinski definition) is 2. The van der Waals surface area contributed by atoms with Crippen molar-refractivity contribution >= 4 is 11.6 Å². The summed E-state index contributed by atoms with van der Waals surface area (Å²) in [5.74, 6) is 1.59. The fourth-order valence-corrected chi connectivity index (χ4v) is 3.92. The van der Waals surface area contributed by atoms with Gasteiger partial charge in [-0.1, -0.05) is 24.3 Å². The number of amides is 1. The number of aryl methyl sites for hydroxylation is 1. The van der Waals surface area contributed by atoms with Crippen LogP contribution in [0, 0.1) is 6.92 Å². The van der Waals surface area contributed by atoms with E-state index in [0.717, 1.165) is 41.3 Å². The van der Waals surface area contributed by atoms with Gasteiger partial charge in [0.15, 0.2) is 11.5 Å². The maximum absolute atomic E-state index is 12.3. The lowest BCUT2D eigenvalue weighted by Gasteiger charge is -2.36. The number of ether oxygens (including phenoxy) is 2. The highest BCUT2D eigenvalue weighted by molar-refractivity contribution is 5.91. The molecule has 0 spiro atoms. The van der Waals surface area contributed by atoms with Gasteiger partial charge in [-0.2, -0.15) is 0 Å². The summed E-state index contributed by atoms with van der Waals surface area (Å²) in [6, 6.07) is 13.7. The summed E-state index contributed by atoms with van der Waals surface area (Å²) < 4.78 is 10.8. The van der Waals surface area contributed by atoms with Crippen LogP contribution in [0.3, 0.4) is 0 Å². The largest absolute Gasteiger partial charge is 0.454 e. The van der Waals surface area contributed by atoms with Gasteiger partial charge in [-0.3, -0.25) is 4.79 Å². The topological polar surface area (TPSA) is 71.0 Å². The summed E-state index contributed by atoms with van der Waals surface area (Å²) in [6.07, 6.45) is 0.796. The fraction of sp³-hybridized carbons (Fsp3) is 0.409. The van der Waals surface area contributed by atoms with Gasteiger partial charge in [0.05, 0.1) is 6.10 Å². The lowest BCUT2D eigenvalue weighted by Crippen LogP contribution is -2.43. The zero-order chi connectivity index (χ0) is 19.5. The van der Waals surface area contributed by atoms with E-state index in [2.05, 4.69) is 10.2 Å². The molecule has 4 rings (SSSR count). The van der Waals surface area contributed by atoms with Crippen LogP contribution in [0.4, 0.5) is 5.69 Å². The van der Waals surface area contributed by atoms with Crippen LogP contribution in [0.25, 0.3) is 0 Å². The molecule has 0 aromatic heterocycles. The molecule has 1 amide bonds.